The van der Waals surface area contributed by atoms with Crippen molar-refractivity contribution >= 4 is 0 Å². The number of nitrogens with one attached hydrogen (secondary N) is 1. The van der Waals surface area contributed by atoms with Crippen molar-refractivity contribution in [3.8, 4) is 0 Å². The number of hydrogen-bond acceptors (Lipinski definition) is 4. The highest BCUT2D eigenvalue weighted by Crippen LogP contribution is 2.32. The second-order valence-corrected chi connectivity index (χ2v) is 5.51. The van der Waals surface area contributed by atoms with Crippen LogP contribution in [0.3, 0.4) is 0 Å². The molecule has 1 spiro atoms. The molecule has 1 saturated carbocycles. The molecule has 0 radical (unpaired) electrons. The highest BCUT2D eigenvalue weighted by atomic mass is 15.4. The third kappa shape index (κ3) is 2.35. The molecule has 17 heavy (non-hydrogen) atoms. The minimum Gasteiger partial charge on any atom is -0.309 e. The van der Waals surface area contributed by atoms with E-state index in [2.05, 4.69) is 20.5 Å². The van der Waals surface area contributed by atoms with Crippen LogP contribution >= 0.6 is 0 Å². The second-order valence-electron chi connectivity index (χ2n) is 5.51. The van der Waals surface area contributed by atoms with E-state index in [1.54, 1.807) is 4.68 Å². The zero-order valence-corrected chi connectivity index (χ0v) is 10.5. The minimum absolute atomic E-state index is 0.403. The van der Waals surface area contributed by atoms with E-state index in [-0.39, 0.29) is 0 Å². The maximum Gasteiger partial charge on any atom is 0.0967 e. The number of rotatable bonds is 2. The summed E-state index contributed by atoms with van der Waals surface area (Å²) in [5.41, 5.74) is 1.49. The maximum atomic E-state index is 4.18. The molecular weight excluding hydrogens is 214 g/mol. The van der Waals surface area contributed by atoms with Gasteiger partial charge in [-0.15, -0.1) is 5.10 Å². The van der Waals surface area contributed by atoms with Gasteiger partial charge in [-0.25, -0.2) is 0 Å². The summed E-state index contributed by atoms with van der Waals surface area (Å²) in [4.78, 5) is 2.52. The summed E-state index contributed by atoms with van der Waals surface area (Å²) in [6.45, 7) is 4.35. The van der Waals surface area contributed by atoms with Gasteiger partial charge in [0.1, 0.15) is 0 Å². The first-order chi connectivity index (χ1) is 8.26. The van der Waals surface area contributed by atoms with Crippen LogP contribution in [0.25, 0.3) is 0 Å². The maximum absolute atomic E-state index is 4.18. The molecule has 5 heteroatoms. The fourth-order valence-electron chi connectivity index (χ4n) is 3.26. The summed E-state index contributed by atoms with van der Waals surface area (Å²) in [7, 11) is 1.92. The van der Waals surface area contributed by atoms with E-state index in [9.17, 15) is 0 Å². The predicted octanol–water partition coefficient (Wildman–Crippen LogP) is 0.533. The molecule has 1 aliphatic carbocycles. The van der Waals surface area contributed by atoms with Crippen molar-refractivity contribution in [1.29, 1.82) is 0 Å². The van der Waals surface area contributed by atoms with Crippen molar-refractivity contribution in [1.82, 2.24) is 25.2 Å². The third-order valence-electron chi connectivity index (χ3n) is 4.05. The van der Waals surface area contributed by atoms with E-state index < -0.39 is 0 Å². The normalized spacial score (nSPS) is 24.5. The van der Waals surface area contributed by atoms with Gasteiger partial charge in [0, 0.05) is 45.0 Å². The first kappa shape index (κ1) is 11.2. The first-order valence-electron chi connectivity index (χ1n) is 6.58. The average molecular weight is 235 g/mol. The van der Waals surface area contributed by atoms with E-state index in [4.69, 9.17) is 0 Å². The highest BCUT2D eigenvalue weighted by molar-refractivity contribution is 5.00. The Bertz CT molecular complexity index is 380. The largest absolute Gasteiger partial charge is 0.309 e. The van der Waals surface area contributed by atoms with E-state index in [1.807, 2.05) is 13.2 Å². The van der Waals surface area contributed by atoms with Crippen LogP contribution in [0, 0.1) is 0 Å². The Labute approximate surface area is 102 Å². The van der Waals surface area contributed by atoms with Crippen molar-refractivity contribution in [3.05, 3.63) is 11.9 Å². The summed E-state index contributed by atoms with van der Waals surface area (Å²) < 4.78 is 1.78. The zero-order chi connectivity index (χ0) is 11.7. The quantitative estimate of drug-likeness (QED) is 0.812. The van der Waals surface area contributed by atoms with Crippen molar-refractivity contribution in [2.75, 3.05) is 19.6 Å². The molecule has 1 aromatic heterocycles. The van der Waals surface area contributed by atoms with Crippen LogP contribution in [0.2, 0.25) is 0 Å². The van der Waals surface area contributed by atoms with Crippen LogP contribution in [0.15, 0.2) is 6.20 Å². The van der Waals surface area contributed by atoms with Gasteiger partial charge in [-0.3, -0.25) is 9.58 Å². The lowest BCUT2D eigenvalue weighted by Gasteiger charge is -2.41. The van der Waals surface area contributed by atoms with E-state index in [0.29, 0.717) is 5.54 Å². The lowest BCUT2D eigenvalue weighted by molar-refractivity contribution is 0.127. The van der Waals surface area contributed by atoms with Crippen molar-refractivity contribution in [2.45, 2.75) is 37.8 Å². The zero-order valence-electron chi connectivity index (χ0n) is 10.5. The summed E-state index contributed by atoms with van der Waals surface area (Å²) >= 11 is 0. The van der Waals surface area contributed by atoms with Crippen molar-refractivity contribution < 1.29 is 0 Å². The number of nitrogens with zero attached hydrogens (tertiary/aromatic N) is 4. The Kier molecular flexibility index (Phi) is 2.88. The lowest BCUT2D eigenvalue weighted by Crippen LogP contribution is -2.58. The minimum atomic E-state index is 0.403. The molecule has 1 aromatic rings. The van der Waals surface area contributed by atoms with Gasteiger partial charge < -0.3 is 5.32 Å². The topological polar surface area (TPSA) is 46.0 Å². The van der Waals surface area contributed by atoms with Gasteiger partial charge in [-0.1, -0.05) is 18.1 Å². The monoisotopic (exact) mass is 235 g/mol. The van der Waals surface area contributed by atoms with Crippen LogP contribution in [0.5, 0.6) is 0 Å². The number of hydrogen-bond donors (Lipinski definition) is 1. The van der Waals surface area contributed by atoms with Gasteiger partial charge in [0.15, 0.2) is 0 Å². The number of aromatic nitrogens is 3. The molecule has 0 amide bonds. The smallest absolute Gasteiger partial charge is 0.0967 e. The molecule has 1 saturated heterocycles. The highest BCUT2D eigenvalue weighted by Gasteiger charge is 2.37. The van der Waals surface area contributed by atoms with E-state index in [0.717, 1.165) is 25.3 Å². The Morgan fingerprint density at radius 3 is 2.94 bits per heavy atom. The summed E-state index contributed by atoms with van der Waals surface area (Å²) in [5, 5.41) is 11.9. The van der Waals surface area contributed by atoms with E-state index >= 15 is 0 Å². The summed E-state index contributed by atoms with van der Waals surface area (Å²) in [6.07, 6.45) is 7.45. The van der Waals surface area contributed by atoms with Crippen LogP contribution in [-0.4, -0.2) is 45.1 Å². The lowest BCUT2D eigenvalue weighted by atomic mass is 9.94. The molecular formula is C12H21N5. The van der Waals surface area contributed by atoms with Gasteiger partial charge in [0.2, 0.25) is 0 Å². The fraction of sp³-hybridized carbons (Fsp3) is 0.833. The molecule has 94 valence electrons. The SMILES string of the molecule is Cn1cc(CN2CCNC3(CCCC3)C2)nn1. The second kappa shape index (κ2) is 4.38. The molecule has 5 nitrogen and oxygen atoms in total. The van der Waals surface area contributed by atoms with Gasteiger partial charge in [0.05, 0.1) is 5.69 Å². The van der Waals surface area contributed by atoms with Gasteiger partial charge in [-0.2, -0.15) is 0 Å². The molecule has 3 rings (SSSR count). The Balaban J connectivity index is 1.64. The molecule has 0 atom stereocenters. The van der Waals surface area contributed by atoms with Crippen LogP contribution in [0.4, 0.5) is 0 Å². The summed E-state index contributed by atoms with van der Waals surface area (Å²) in [5.74, 6) is 0. The first-order valence-corrected chi connectivity index (χ1v) is 6.58. The molecule has 2 fully saturated rings. The number of piperazine rings is 1. The molecule has 1 N–H and O–H groups in total. The van der Waals surface area contributed by atoms with Crippen molar-refractivity contribution in [3.63, 3.8) is 0 Å². The Hall–Kier alpha value is -0.940. The van der Waals surface area contributed by atoms with Gasteiger partial charge >= 0.3 is 0 Å². The predicted molar refractivity (Wildman–Crippen MR) is 65.5 cm³/mol. The number of aryl methyl sites for hydroxylation is 1. The summed E-state index contributed by atoms with van der Waals surface area (Å²) in [6, 6.07) is 0. The molecule has 0 aromatic carbocycles. The standard InChI is InChI=1S/C12H21N5/c1-16-8-11(14-15-16)9-17-7-6-13-12(10-17)4-2-3-5-12/h8,13H,2-7,9-10H2,1H3. The third-order valence-corrected chi connectivity index (χ3v) is 4.05. The van der Waals surface area contributed by atoms with Gasteiger partial charge in [0.25, 0.3) is 0 Å². The molecule has 1 aliphatic heterocycles. The van der Waals surface area contributed by atoms with Crippen LogP contribution in [-0.2, 0) is 13.6 Å². The molecule has 2 heterocycles. The van der Waals surface area contributed by atoms with Crippen LogP contribution in [0.1, 0.15) is 31.4 Å². The Morgan fingerprint density at radius 1 is 1.41 bits per heavy atom. The fourth-order valence-corrected chi connectivity index (χ4v) is 3.26. The van der Waals surface area contributed by atoms with Gasteiger partial charge in [-0.05, 0) is 12.8 Å². The van der Waals surface area contributed by atoms with E-state index in [1.165, 1.54) is 32.2 Å². The molecule has 0 unspecified atom stereocenters. The van der Waals surface area contributed by atoms with Crippen molar-refractivity contribution in [2.24, 2.45) is 7.05 Å². The average Bonchev–Trinajstić information content (AvgIpc) is 2.89. The molecule has 0 bridgehead atoms. The van der Waals surface area contributed by atoms with Crippen LogP contribution < -0.4 is 5.32 Å². The Morgan fingerprint density at radius 2 is 2.24 bits per heavy atom. The molecule has 2 aliphatic rings.